The molecule has 1 aromatic heterocycles. The predicted octanol–water partition coefficient (Wildman–Crippen LogP) is 3.97. The molecule has 0 fully saturated rings. The molecule has 1 heterocycles. The van der Waals surface area contributed by atoms with Gasteiger partial charge < -0.3 is 5.32 Å². The highest BCUT2D eigenvalue weighted by atomic mass is 19.4. The monoisotopic (exact) mass is 353 g/mol. The van der Waals surface area contributed by atoms with Crippen LogP contribution in [0.25, 0.3) is 5.69 Å². The molecule has 0 saturated heterocycles. The van der Waals surface area contributed by atoms with Gasteiger partial charge in [-0.15, -0.1) is 0 Å². The van der Waals surface area contributed by atoms with Crippen molar-refractivity contribution in [2.45, 2.75) is 52.8 Å². The minimum atomic E-state index is -4.42. The van der Waals surface area contributed by atoms with Gasteiger partial charge in [-0.05, 0) is 52.8 Å². The molecule has 2 rings (SSSR count). The Kier molecular flexibility index (Phi) is 4.97. The number of carbonyl (C=O) groups excluding carboxylic acids is 1. The number of aromatic nitrogens is 2. The molecule has 4 nitrogen and oxygen atoms in total. The molecule has 0 bridgehead atoms. The van der Waals surface area contributed by atoms with Crippen LogP contribution >= 0.6 is 0 Å². The maximum atomic E-state index is 12.9. The van der Waals surface area contributed by atoms with E-state index in [0.717, 1.165) is 17.7 Å². The quantitative estimate of drug-likeness (QED) is 0.908. The molecule has 0 saturated carbocycles. The summed E-state index contributed by atoms with van der Waals surface area (Å²) in [6.07, 6.45) is -4.28. The zero-order chi connectivity index (χ0) is 19.0. The van der Waals surface area contributed by atoms with Gasteiger partial charge in [-0.2, -0.15) is 18.3 Å². The van der Waals surface area contributed by atoms with Crippen LogP contribution in [0, 0.1) is 13.8 Å². The molecule has 0 radical (unpaired) electrons. The predicted molar refractivity (Wildman–Crippen MR) is 89.6 cm³/mol. The van der Waals surface area contributed by atoms with Gasteiger partial charge in [0, 0.05) is 16.8 Å². The van der Waals surface area contributed by atoms with Crippen LogP contribution in [0.15, 0.2) is 24.3 Å². The molecule has 2 aromatic rings. The lowest BCUT2D eigenvalue weighted by Crippen LogP contribution is -2.41. The van der Waals surface area contributed by atoms with Crippen molar-refractivity contribution in [2.75, 3.05) is 0 Å². The number of amides is 1. The second kappa shape index (κ2) is 6.54. The summed E-state index contributed by atoms with van der Waals surface area (Å²) in [5.74, 6) is -0.151. The fourth-order valence-electron chi connectivity index (χ4n) is 2.62. The van der Waals surface area contributed by atoms with Gasteiger partial charge in [0.15, 0.2) is 0 Å². The van der Waals surface area contributed by atoms with Crippen LogP contribution in [0.4, 0.5) is 13.2 Å². The number of benzene rings is 1. The minimum absolute atomic E-state index is 0.133. The summed E-state index contributed by atoms with van der Waals surface area (Å²) in [5, 5.41) is 7.20. The SMILES string of the molecule is Cc1nn(-c2cccc(C(F)(F)F)c2)c(C)c1CC(=O)NC(C)(C)C. The van der Waals surface area contributed by atoms with Crippen LogP contribution in [0.1, 0.15) is 43.3 Å². The second-order valence-electron chi connectivity index (χ2n) is 7.08. The van der Waals surface area contributed by atoms with Crippen LogP contribution in [0.5, 0.6) is 0 Å². The number of hydrogen-bond acceptors (Lipinski definition) is 2. The molecule has 1 N–H and O–H groups in total. The lowest BCUT2D eigenvalue weighted by molar-refractivity contribution is -0.137. The van der Waals surface area contributed by atoms with Gasteiger partial charge in [-0.25, -0.2) is 4.68 Å². The highest BCUT2D eigenvalue weighted by Crippen LogP contribution is 2.30. The third-order valence-corrected chi connectivity index (χ3v) is 3.71. The van der Waals surface area contributed by atoms with Gasteiger partial charge >= 0.3 is 6.18 Å². The number of nitrogens with zero attached hydrogens (tertiary/aromatic N) is 2. The third kappa shape index (κ3) is 4.61. The molecule has 0 aliphatic carbocycles. The molecule has 0 spiro atoms. The summed E-state index contributed by atoms with van der Waals surface area (Å²) in [6.45, 7) is 9.15. The summed E-state index contributed by atoms with van der Waals surface area (Å²) < 4.78 is 40.2. The smallest absolute Gasteiger partial charge is 0.351 e. The van der Waals surface area contributed by atoms with E-state index in [9.17, 15) is 18.0 Å². The molecule has 1 aromatic carbocycles. The Bertz CT molecular complexity index is 786. The van der Waals surface area contributed by atoms with Crippen molar-refractivity contribution < 1.29 is 18.0 Å². The first-order valence-corrected chi connectivity index (χ1v) is 7.92. The Morgan fingerprint density at radius 2 is 1.84 bits per heavy atom. The number of carbonyl (C=O) groups is 1. The first kappa shape index (κ1) is 19.0. The van der Waals surface area contributed by atoms with E-state index < -0.39 is 11.7 Å². The highest BCUT2D eigenvalue weighted by molar-refractivity contribution is 5.79. The van der Waals surface area contributed by atoms with Crippen LogP contribution in [0.3, 0.4) is 0 Å². The number of aryl methyl sites for hydroxylation is 1. The Balaban J connectivity index is 2.35. The Morgan fingerprint density at radius 3 is 2.40 bits per heavy atom. The highest BCUT2D eigenvalue weighted by Gasteiger charge is 2.30. The number of rotatable bonds is 3. The van der Waals surface area contributed by atoms with Crippen molar-refractivity contribution in [3.8, 4) is 5.69 Å². The molecular weight excluding hydrogens is 331 g/mol. The van der Waals surface area contributed by atoms with Gasteiger partial charge in [0.1, 0.15) is 0 Å². The van der Waals surface area contributed by atoms with E-state index in [1.807, 2.05) is 20.8 Å². The van der Waals surface area contributed by atoms with E-state index in [-0.39, 0.29) is 17.9 Å². The van der Waals surface area contributed by atoms with E-state index in [4.69, 9.17) is 0 Å². The summed E-state index contributed by atoms with van der Waals surface area (Å²) in [6, 6.07) is 4.99. The van der Waals surface area contributed by atoms with E-state index in [1.54, 1.807) is 19.9 Å². The first-order chi connectivity index (χ1) is 11.4. The molecular formula is C18H22F3N3O. The van der Waals surface area contributed by atoms with Crippen molar-refractivity contribution >= 4 is 5.91 Å². The Labute approximate surface area is 145 Å². The largest absolute Gasteiger partial charge is 0.416 e. The number of hydrogen-bond donors (Lipinski definition) is 1. The average molecular weight is 353 g/mol. The molecule has 0 aliphatic heterocycles. The zero-order valence-electron chi connectivity index (χ0n) is 15.0. The zero-order valence-corrected chi connectivity index (χ0v) is 15.0. The second-order valence-corrected chi connectivity index (χ2v) is 7.08. The normalized spacial score (nSPS) is 12.3. The fraction of sp³-hybridized carbons (Fsp3) is 0.444. The van der Waals surface area contributed by atoms with E-state index in [1.165, 1.54) is 10.7 Å². The maximum Gasteiger partial charge on any atom is 0.416 e. The van der Waals surface area contributed by atoms with Crippen molar-refractivity contribution in [3.05, 3.63) is 46.8 Å². The molecule has 25 heavy (non-hydrogen) atoms. The standard InChI is InChI=1S/C18H22F3N3O/c1-11-15(10-16(25)22-17(3,4)5)12(2)24(23-11)14-8-6-7-13(9-14)18(19,20)21/h6-9H,10H2,1-5H3,(H,22,25). The van der Waals surface area contributed by atoms with Gasteiger partial charge in [0.05, 0.1) is 23.4 Å². The van der Waals surface area contributed by atoms with Gasteiger partial charge in [0.25, 0.3) is 0 Å². The third-order valence-electron chi connectivity index (χ3n) is 3.71. The molecule has 1 amide bonds. The van der Waals surface area contributed by atoms with Crippen LogP contribution < -0.4 is 5.32 Å². The van der Waals surface area contributed by atoms with Gasteiger partial charge in [-0.1, -0.05) is 6.07 Å². The molecule has 0 aliphatic rings. The van der Waals surface area contributed by atoms with Crippen LogP contribution in [0.2, 0.25) is 0 Å². The van der Waals surface area contributed by atoms with Crippen molar-refractivity contribution in [1.82, 2.24) is 15.1 Å². The lowest BCUT2D eigenvalue weighted by atomic mass is 10.1. The minimum Gasteiger partial charge on any atom is -0.351 e. The average Bonchev–Trinajstić information content (AvgIpc) is 2.73. The first-order valence-electron chi connectivity index (χ1n) is 7.92. The van der Waals surface area contributed by atoms with Crippen LogP contribution in [-0.4, -0.2) is 21.2 Å². The summed E-state index contributed by atoms with van der Waals surface area (Å²) in [7, 11) is 0. The number of alkyl halides is 3. The van der Waals surface area contributed by atoms with Crippen molar-refractivity contribution in [3.63, 3.8) is 0 Å². The summed E-state index contributed by atoms with van der Waals surface area (Å²) >= 11 is 0. The fourth-order valence-corrected chi connectivity index (χ4v) is 2.62. The lowest BCUT2D eigenvalue weighted by Gasteiger charge is -2.20. The van der Waals surface area contributed by atoms with Crippen molar-refractivity contribution in [1.29, 1.82) is 0 Å². The topological polar surface area (TPSA) is 46.9 Å². The van der Waals surface area contributed by atoms with E-state index >= 15 is 0 Å². The van der Waals surface area contributed by atoms with E-state index in [2.05, 4.69) is 10.4 Å². The summed E-state index contributed by atoms with van der Waals surface area (Å²) in [5.41, 5.74) is 1.23. The van der Waals surface area contributed by atoms with Gasteiger partial charge in [-0.3, -0.25) is 4.79 Å². The Morgan fingerprint density at radius 1 is 1.20 bits per heavy atom. The summed E-state index contributed by atoms with van der Waals surface area (Å²) in [4.78, 5) is 12.2. The number of halogens is 3. The molecule has 0 atom stereocenters. The van der Waals surface area contributed by atoms with E-state index in [0.29, 0.717) is 17.1 Å². The molecule has 0 unspecified atom stereocenters. The maximum absolute atomic E-state index is 12.9. The van der Waals surface area contributed by atoms with Gasteiger partial charge in [0.2, 0.25) is 5.91 Å². The Hall–Kier alpha value is -2.31. The van der Waals surface area contributed by atoms with Crippen molar-refractivity contribution in [2.24, 2.45) is 0 Å². The number of nitrogens with one attached hydrogen (secondary N) is 1. The molecule has 7 heteroatoms. The van der Waals surface area contributed by atoms with Crippen LogP contribution in [-0.2, 0) is 17.4 Å². The molecule has 136 valence electrons.